The zero-order valence-electron chi connectivity index (χ0n) is 19.4. The van der Waals surface area contributed by atoms with Gasteiger partial charge >= 0.3 is 0 Å². The number of anilines is 3. The highest BCUT2D eigenvalue weighted by Gasteiger charge is 2.35. The maximum absolute atomic E-state index is 14.4. The van der Waals surface area contributed by atoms with Gasteiger partial charge in [0.2, 0.25) is 11.9 Å². The van der Waals surface area contributed by atoms with E-state index in [1.165, 1.54) is 18.2 Å². The van der Waals surface area contributed by atoms with Gasteiger partial charge in [-0.2, -0.15) is 4.98 Å². The molecule has 1 aliphatic heterocycles. The number of aromatic nitrogens is 4. The predicted molar refractivity (Wildman–Crippen MR) is 125 cm³/mol. The van der Waals surface area contributed by atoms with Gasteiger partial charge < -0.3 is 20.5 Å². The SMILES string of the molecule is CC(C)(O)[C@@H]1CC[C@H](Nc2ncc3nc(Nc4c(F)cccc4F)n(C4CCOCC4)c3n2)C1. The second-order valence-corrected chi connectivity index (χ2v) is 9.78. The normalized spacial score (nSPS) is 21.8. The van der Waals surface area contributed by atoms with E-state index in [-0.39, 0.29) is 23.7 Å². The lowest BCUT2D eigenvalue weighted by molar-refractivity contribution is 0.0197. The molecule has 0 radical (unpaired) electrons. The number of aliphatic hydroxyl groups is 1. The molecule has 3 heterocycles. The summed E-state index contributed by atoms with van der Waals surface area (Å²) in [4.78, 5) is 13.8. The molecule has 0 spiro atoms. The number of imidazole rings is 1. The van der Waals surface area contributed by atoms with E-state index in [1.807, 2.05) is 18.4 Å². The van der Waals surface area contributed by atoms with E-state index in [2.05, 4.69) is 20.6 Å². The van der Waals surface area contributed by atoms with E-state index in [0.29, 0.717) is 36.3 Å². The van der Waals surface area contributed by atoms with Crippen LogP contribution in [0.1, 0.15) is 52.0 Å². The molecule has 1 aromatic carbocycles. The van der Waals surface area contributed by atoms with E-state index in [9.17, 15) is 13.9 Å². The molecule has 2 aromatic heterocycles. The van der Waals surface area contributed by atoms with Gasteiger partial charge in [0, 0.05) is 25.3 Å². The van der Waals surface area contributed by atoms with Crippen molar-refractivity contribution in [2.45, 2.75) is 63.6 Å². The summed E-state index contributed by atoms with van der Waals surface area (Å²) in [6.45, 7) is 4.88. The van der Waals surface area contributed by atoms with Crippen LogP contribution in [-0.2, 0) is 4.74 Å². The first-order valence-corrected chi connectivity index (χ1v) is 11.8. The Morgan fingerprint density at radius 1 is 1.09 bits per heavy atom. The molecule has 10 heteroatoms. The van der Waals surface area contributed by atoms with Crippen LogP contribution in [0.25, 0.3) is 11.2 Å². The number of halogens is 2. The number of para-hydroxylation sites is 1. The van der Waals surface area contributed by atoms with E-state index in [0.717, 1.165) is 32.1 Å². The summed E-state index contributed by atoms with van der Waals surface area (Å²) in [6, 6.07) is 3.92. The monoisotopic (exact) mass is 472 g/mol. The van der Waals surface area contributed by atoms with E-state index in [1.54, 1.807) is 6.20 Å². The van der Waals surface area contributed by atoms with Crippen molar-refractivity contribution in [1.82, 2.24) is 19.5 Å². The largest absolute Gasteiger partial charge is 0.390 e. The summed E-state index contributed by atoms with van der Waals surface area (Å²) in [7, 11) is 0. The number of nitrogens with zero attached hydrogens (tertiary/aromatic N) is 4. The second kappa shape index (κ2) is 9.07. The molecule has 3 N–H and O–H groups in total. The van der Waals surface area contributed by atoms with Crippen molar-refractivity contribution < 1.29 is 18.6 Å². The molecule has 5 rings (SSSR count). The molecule has 2 atom stereocenters. The standard InChI is InChI=1S/C24H30F2N6O2/c1-24(2,33)14-6-7-15(12-14)28-22-27-13-19-21(31-22)32(16-8-10-34-11-9-16)23(29-19)30-20-17(25)4-3-5-18(20)26/h3-5,13-16,33H,6-12H2,1-2H3,(H,29,30)(H,27,28,31)/t14-,15+/m1/s1. The summed E-state index contributed by atoms with van der Waals surface area (Å²) in [5.41, 5.74) is 0.171. The molecule has 8 nitrogen and oxygen atoms in total. The van der Waals surface area contributed by atoms with Crippen molar-refractivity contribution in [3.8, 4) is 0 Å². The lowest BCUT2D eigenvalue weighted by Gasteiger charge is -2.26. The maximum Gasteiger partial charge on any atom is 0.224 e. The summed E-state index contributed by atoms with van der Waals surface area (Å²) < 4.78 is 36.1. The average Bonchev–Trinajstić information content (AvgIpc) is 3.41. The quantitative estimate of drug-likeness (QED) is 0.484. The zero-order chi connectivity index (χ0) is 23.9. The molecule has 3 aromatic rings. The third-order valence-corrected chi connectivity index (χ3v) is 6.95. The zero-order valence-corrected chi connectivity index (χ0v) is 19.4. The Hall–Kier alpha value is -2.85. The smallest absolute Gasteiger partial charge is 0.224 e. The molecule has 0 unspecified atom stereocenters. The summed E-state index contributed by atoms with van der Waals surface area (Å²) >= 11 is 0. The summed E-state index contributed by atoms with van der Waals surface area (Å²) in [5.74, 6) is -0.373. The molecule has 1 aliphatic carbocycles. The molecule has 0 bridgehead atoms. The number of hydrogen-bond donors (Lipinski definition) is 3. The van der Waals surface area contributed by atoms with Gasteiger partial charge in [0.1, 0.15) is 22.8 Å². The lowest BCUT2D eigenvalue weighted by Crippen LogP contribution is -2.30. The van der Waals surface area contributed by atoms with Gasteiger partial charge in [0.25, 0.3) is 0 Å². The van der Waals surface area contributed by atoms with Crippen molar-refractivity contribution in [2.24, 2.45) is 5.92 Å². The van der Waals surface area contributed by atoms with E-state index < -0.39 is 17.2 Å². The van der Waals surface area contributed by atoms with Crippen molar-refractivity contribution in [1.29, 1.82) is 0 Å². The van der Waals surface area contributed by atoms with Crippen LogP contribution in [0.15, 0.2) is 24.4 Å². The summed E-state index contributed by atoms with van der Waals surface area (Å²) in [6.07, 6.45) is 5.81. The minimum atomic E-state index is -0.717. The van der Waals surface area contributed by atoms with Crippen molar-refractivity contribution in [3.63, 3.8) is 0 Å². The number of fused-ring (bicyclic) bond motifs is 1. The van der Waals surface area contributed by atoms with Crippen LogP contribution in [0.4, 0.5) is 26.4 Å². The second-order valence-electron chi connectivity index (χ2n) is 9.78. The maximum atomic E-state index is 14.4. The fourth-order valence-corrected chi connectivity index (χ4v) is 5.00. The molecule has 0 amide bonds. The molecular formula is C24H30F2N6O2. The van der Waals surface area contributed by atoms with Gasteiger partial charge in [-0.25, -0.2) is 18.7 Å². The molecule has 1 saturated heterocycles. The van der Waals surface area contributed by atoms with Crippen LogP contribution in [-0.4, -0.2) is 49.5 Å². The van der Waals surface area contributed by atoms with Crippen LogP contribution in [0.2, 0.25) is 0 Å². The fraction of sp³-hybridized carbons (Fsp3) is 0.542. The van der Waals surface area contributed by atoms with Crippen LogP contribution < -0.4 is 10.6 Å². The lowest BCUT2D eigenvalue weighted by atomic mass is 9.90. The summed E-state index contributed by atoms with van der Waals surface area (Å²) in [5, 5.41) is 16.6. The number of hydrogen-bond acceptors (Lipinski definition) is 7. The Kier molecular flexibility index (Phi) is 6.11. The fourth-order valence-electron chi connectivity index (χ4n) is 5.00. The number of rotatable bonds is 6. The first-order valence-electron chi connectivity index (χ1n) is 11.8. The first kappa shape index (κ1) is 22.9. The highest BCUT2D eigenvalue weighted by molar-refractivity contribution is 5.76. The van der Waals surface area contributed by atoms with E-state index in [4.69, 9.17) is 9.72 Å². The number of nitrogens with one attached hydrogen (secondary N) is 2. The van der Waals surface area contributed by atoms with Gasteiger partial charge in [-0.05, 0) is 64.0 Å². The van der Waals surface area contributed by atoms with Crippen LogP contribution in [0.5, 0.6) is 0 Å². The third kappa shape index (κ3) is 4.56. The van der Waals surface area contributed by atoms with Crippen molar-refractivity contribution >= 4 is 28.7 Å². The van der Waals surface area contributed by atoms with Crippen molar-refractivity contribution in [3.05, 3.63) is 36.0 Å². The molecule has 34 heavy (non-hydrogen) atoms. The molecule has 2 fully saturated rings. The topological polar surface area (TPSA) is 97.1 Å². The van der Waals surface area contributed by atoms with Gasteiger partial charge in [0.15, 0.2) is 5.65 Å². The van der Waals surface area contributed by atoms with Crippen LogP contribution >= 0.6 is 0 Å². The Labute approximate surface area is 196 Å². The molecule has 2 aliphatic rings. The van der Waals surface area contributed by atoms with Gasteiger partial charge in [-0.1, -0.05) is 6.07 Å². The highest BCUT2D eigenvalue weighted by atomic mass is 19.1. The minimum Gasteiger partial charge on any atom is -0.390 e. The van der Waals surface area contributed by atoms with E-state index >= 15 is 0 Å². The van der Waals surface area contributed by atoms with Gasteiger partial charge in [0.05, 0.1) is 11.8 Å². The predicted octanol–water partition coefficient (Wildman–Crippen LogP) is 4.55. The van der Waals surface area contributed by atoms with Gasteiger partial charge in [-0.15, -0.1) is 0 Å². The van der Waals surface area contributed by atoms with Crippen molar-refractivity contribution in [2.75, 3.05) is 23.8 Å². The molecule has 182 valence electrons. The Morgan fingerprint density at radius 2 is 1.82 bits per heavy atom. The highest BCUT2D eigenvalue weighted by Crippen LogP contribution is 2.36. The average molecular weight is 473 g/mol. The van der Waals surface area contributed by atoms with Gasteiger partial charge in [-0.3, -0.25) is 4.57 Å². The third-order valence-electron chi connectivity index (χ3n) is 6.95. The first-order chi connectivity index (χ1) is 16.3. The Bertz CT molecular complexity index is 1150. The Morgan fingerprint density at radius 3 is 2.50 bits per heavy atom. The van der Waals surface area contributed by atoms with Crippen LogP contribution in [0, 0.1) is 17.6 Å². The minimum absolute atomic E-state index is 0.0184. The Balaban J connectivity index is 1.48. The van der Waals surface area contributed by atoms with Crippen LogP contribution in [0.3, 0.4) is 0 Å². The molecule has 1 saturated carbocycles. The molecular weight excluding hydrogens is 442 g/mol. The number of benzene rings is 1. The number of ether oxygens (including phenoxy) is 1.